The minimum Gasteiger partial charge on any atom is -0.444 e. The van der Waals surface area contributed by atoms with E-state index in [4.69, 9.17) is 21.1 Å². The van der Waals surface area contributed by atoms with Gasteiger partial charge in [0.05, 0.1) is 0 Å². The molecule has 1 aromatic carbocycles. The molecule has 0 unspecified atom stereocenters. The van der Waals surface area contributed by atoms with E-state index in [1.54, 1.807) is 0 Å². The first kappa shape index (κ1) is 12.4. The molecule has 3 nitrogen and oxygen atoms in total. The van der Waals surface area contributed by atoms with Crippen molar-refractivity contribution in [3.8, 4) is 0 Å². The first-order valence-electron chi connectivity index (χ1n) is 5.80. The zero-order valence-corrected chi connectivity index (χ0v) is 10.3. The maximum Gasteiger partial charge on any atom is 0.199 e. The fourth-order valence-electron chi connectivity index (χ4n) is 1.81. The Morgan fingerprint density at radius 2 is 2.06 bits per heavy atom. The van der Waals surface area contributed by atoms with E-state index < -0.39 is 0 Å². The van der Waals surface area contributed by atoms with Crippen molar-refractivity contribution in [3.05, 3.63) is 35.0 Å². The highest BCUT2D eigenvalue weighted by Gasteiger charge is 2.10. The van der Waals surface area contributed by atoms with Crippen LogP contribution in [0.4, 0.5) is 0 Å². The third-order valence-corrected chi connectivity index (χ3v) is 3.02. The van der Waals surface area contributed by atoms with E-state index in [9.17, 15) is 0 Å². The number of furan rings is 1. The van der Waals surface area contributed by atoms with Gasteiger partial charge in [0.2, 0.25) is 0 Å². The van der Waals surface area contributed by atoms with Crippen molar-refractivity contribution in [3.63, 3.8) is 0 Å². The van der Waals surface area contributed by atoms with Gasteiger partial charge in [-0.1, -0.05) is 18.2 Å². The number of aliphatic hydroxyl groups is 1. The number of fused-ring (bicyclic) bond motifs is 1. The van der Waals surface area contributed by atoms with Crippen molar-refractivity contribution in [2.75, 3.05) is 13.2 Å². The van der Waals surface area contributed by atoms with E-state index in [1.165, 1.54) is 0 Å². The lowest BCUT2D eigenvalue weighted by Gasteiger charge is -2.02. The lowest BCUT2D eigenvalue weighted by Crippen LogP contribution is -2.14. The zero-order chi connectivity index (χ0) is 12.1. The number of benzene rings is 1. The molecule has 0 atom stereocenters. The Labute approximate surface area is 105 Å². The first-order valence-corrected chi connectivity index (χ1v) is 6.18. The van der Waals surface area contributed by atoms with E-state index in [0.717, 1.165) is 35.9 Å². The van der Waals surface area contributed by atoms with Crippen LogP contribution in [0.25, 0.3) is 11.0 Å². The van der Waals surface area contributed by atoms with Crippen LogP contribution >= 0.6 is 11.6 Å². The van der Waals surface area contributed by atoms with Crippen molar-refractivity contribution in [2.45, 2.75) is 19.4 Å². The van der Waals surface area contributed by atoms with E-state index in [-0.39, 0.29) is 6.61 Å². The molecule has 0 aliphatic heterocycles. The second-order valence-corrected chi connectivity index (χ2v) is 4.30. The Balaban J connectivity index is 2.00. The average Bonchev–Trinajstić information content (AvgIpc) is 2.65. The molecule has 2 N–H and O–H groups in total. The highest BCUT2D eigenvalue weighted by Crippen LogP contribution is 2.29. The predicted molar refractivity (Wildman–Crippen MR) is 69.3 cm³/mol. The molecule has 0 fully saturated rings. The van der Waals surface area contributed by atoms with Gasteiger partial charge in [-0.05, 0) is 37.1 Å². The van der Waals surface area contributed by atoms with Gasteiger partial charge < -0.3 is 14.8 Å². The molecule has 0 saturated heterocycles. The molecule has 4 heteroatoms. The molecular weight excluding hydrogens is 238 g/mol. The van der Waals surface area contributed by atoms with Gasteiger partial charge in [-0.25, -0.2) is 0 Å². The van der Waals surface area contributed by atoms with E-state index in [2.05, 4.69) is 5.32 Å². The Morgan fingerprint density at radius 1 is 1.24 bits per heavy atom. The molecule has 92 valence electrons. The van der Waals surface area contributed by atoms with Gasteiger partial charge in [0.15, 0.2) is 5.22 Å². The third kappa shape index (κ3) is 3.00. The molecule has 0 bridgehead atoms. The van der Waals surface area contributed by atoms with Crippen LogP contribution in [0.15, 0.2) is 28.7 Å². The van der Waals surface area contributed by atoms with E-state index >= 15 is 0 Å². The second-order valence-electron chi connectivity index (χ2n) is 3.96. The van der Waals surface area contributed by atoms with Gasteiger partial charge in [-0.15, -0.1) is 0 Å². The molecular formula is C13H16ClNO2. The van der Waals surface area contributed by atoms with Crippen LogP contribution in [-0.2, 0) is 6.54 Å². The molecule has 0 amide bonds. The summed E-state index contributed by atoms with van der Waals surface area (Å²) >= 11 is 6.06. The van der Waals surface area contributed by atoms with Crippen molar-refractivity contribution in [1.82, 2.24) is 5.32 Å². The molecule has 1 aromatic heterocycles. The number of hydrogen-bond donors (Lipinski definition) is 2. The van der Waals surface area contributed by atoms with E-state index in [1.807, 2.05) is 24.3 Å². The molecule has 0 aliphatic rings. The van der Waals surface area contributed by atoms with Gasteiger partial charge in [0.1, 0.15) is 5.58 Å². The fourth-order valence-corrected chi connectivity index (χ4v) is 2.06. The van der Waals surface area contributed by atoms with Crippen molar-refractivity contribution >= 4 is 22.6 Å². The summed E-state index contributed by atoms with van der Waals surface area (Å²) in [6.45, 7) is 1.81. The molecule has 0 saturated carbocycles. The summed E-state index contributed by atoms with van der Waals surface area (Å²) in [5.41, 5.74) is 1.83. The Hall–Kier alpha value is -1.03. The van der Waals surface area contributed by atoms with Crippen LogP contribution in [0.5, 0.6) is 0 Å². The zero-order valence-electron chi connectivity index (χ0n) is 9.58. The van der Waals surface area contributed by atoms with Gasteiger partial charge in [-0.2, -0.15) is 0 Å². The van der Waals surface area contributed by atoms with Crippen molar-refractivity contribution in [2.24, 2.45) is 0 Å². The molecule has 0 aliphatic carbocycles. The van der Waals surface area contributed by atoms with Crippen LogP contribution in [0.1, 0.15) is 18.4 Å². The van der Waals surface area contributed by atoms with Crippen LogP contribution in [-0.4, -0.2) is 18.3 Å². The molecule has 17 heavy (non-hydrogen) atoms. The quantitative estimate of drug-likeness (QED) is 0.778. The summed E-state index contributed by atoms with van der Waals surface area (Å²) in [7, 11) is 0. The lowest BCUT2D eigenvalue weighted by atomic mass is 10.2. The van der Waals surface area contributed by atoms with Crippen LogP contribution in [0.2, 0.25) is 5.22 Å². The minimum atomic E-state index is 0.247. The number of nitrogens with one attached hydrogen (secondary N) is 1. The Bertz CT molecular complexity index is 481. The first-order chi connectivity index (χ1) is 8.33. The van der Waals surface area contributed by atoms with Gasteiger partial charge in [-0.3, -0.25) is 0 Å². The summed E-state index contributed by atoms with van der Waals surface area (Å²) in [6.07, 6.45) is 1.79. The van der Waals surface area contributed by atoms with Crippen molar-refractivity contribution in [1.29, 1.82) is 0 Å². The topological polar surface area (TPSA) is 45.4 Å². The average molecular weight is 254 g/mol. The highest BCUT2D eigenvalue weighted by molar-refractivity contribution is 6.30. The second kappa shape index (κ2) is 6.05. The normalized spacial score (nSPS) is 11.2. The van der Waals surface area contributed by atoms with E-state index in [0.29, 0.717) is 11.8 Å². The van der Waals surface area contributed by atoms with Gasteiger partial charge in [0.25, 0.3) is 0 Å². The molecule has 1 heterocycles. The summed E-state index contributed by atoms with van der Waals surface area (Å²) in [6, 6.07) is 7.83. The lowest BCUT2D eigenvalue weighted by molar-refractivity contribution is 0.283. The minimum absolute atomic E-state index is 0.247. The molecule has 2 rings (SSSR count). The SMILES string of the molecule is OCCCCNCc1c(Cl)oc2ccccc12. The largest absolute Gasteiger partial charge is 0.444 e. The summed E-state index contributed by atoms with van der Waals surface area (Å²) in [5, 5.41) is 13.5. The summed E-state index contributed by atoms with van der Waals surface area (Å²) in [5.74, 6) is 0. The standard InChI is InChI=1S/C13H16ClNO2/c14-13-11(9-15-7-3-4-8-16)10-5-1-2-6-12(10)17-13/h1-2,5-6,15-16H,3-4,7-9H2. The number of rotatable bonds is 6. The number of hydrogen-bond acceptors (Lipinski definition) is 3. The van der Waals surface area contributed by atoms with Crippen molar-refractivity contribution < 1.29 is 9.52 Å². The van der Waals surface area contributed by atoms with Crippen LogP contribution in [0, 0.1) is 0 Å². The van der Waals surface area contributed by atoms with Gasteiger partial charge >= 0.3 is 0 Å². The number of halogens is 1. The fraction of sp³-hybridized carbons (Fsp3) is 0.385. The third-order valence-electron chi connectivity index (χ3n) is 2.71. The molecule has 0 radical (unpaired) electrons. The van der Waals surface area contributed by atoms with Crippen LogP contribution < -0.4 is 5.32 Å². The summed E-state index contributed by atoms with van der Waals surface area (Å²) in [4.78, 5) is 0. The monoisotopic (exact) mass is 253 g/mol. The number of unbranched alkanes of at least 4 members (excludes halogenated alkanes) is 1. The van der Waals surface area contributed by atoms with Gasteiger partial charge in [0, 0.05) is 24.1 Å². The predicted octanol–water partition coefficient (Wildman–Crippen LogP) is 2.95. The highest BCUT2D eigenvalue weighted by atomic mass is 35.5. The number of aliphatic hydroxyl groups excluding tert-OH is 1. The molecule has 2 aromatic rings. The maximum absolute atomic E-state index is 8.67. The number of para-hydroxylation sites is 1. The smallest absolute Gasteiger partial charge is 0.199 e. The Morgan fingerprint density at radius 3 is 2.88 bits per heavy atom. The summed E-state index contributed by atoms with van der Waals surface area (Å²) < 4.78 is 5.46. The Kier molecular flexibility index (Phi) is 4.42. The van der Waals surface area contributed by atoms with Crippen LogP contribution in [0.3, 0.4) is 0 Å². The maximum atomic E-state index is 8.67. The molecule has 0 spiro atoms.